The monoisotopic (exact) mass is 513 g/mol. The average molecular weight is 514 g/mol. The third kappa shape index (κ3) is 6.08. The van der Waals surface area contributed by atoms with Gasteiger partial charge in [0.05, 0.1) is 12.7 Å². The van der Waals surface area contributed by atoms with E-state index in [1.807, 2.05) is 42.5 Å². The van der Waals surface area contributed by atoms with Crippen molar-refractivity contribution in [1.29, 1.82) is 0 Å². The standard InChI is InChI=1S/C28H31N7O3/c36-25(30-16-22-13-21-15-29-12-11-23(21)33-22)18-35-26(20-9-5-2-6-10-20)31-17-24(27(35)37)34-28(38)32-14-19-7-3-1-4-8-19/h2,5-6,9-13,15,17,19,33H,1,3-4,7-8,14,16,18H2,(H,30,36)(H2,32,34,38). The summed E-state index contributed by atoms with van der Waals surface area (Å²) in [6.07, 6.45) is 10.6. The molecule has 196 valence electrons. The van der Waals surface area contributed by atoms with Crippen LogP contribution in [0.2, 0.25) is 0 Å². The van der Waals surface area contributed by atoms with Crippen LogP contribution in [0.25, 0.3) is 22.3 Å². The fraction of sp³-hybridized carbons (Fsp3) is 0.321. The Hall–Kier alpha value is -4.47. The van der Waals surface area contributed by atoms with Gasteiger partial charge in [-0.05, 0) is 30.9 Å². The van der Waals surface area contributed by atoms with Crippen molar-refractivity contribution in [3.05, 3.63) is 77.1 Å². The van der Waals surface area contributed by atoms with Crippen molar-refractivity contribution in [3.8, 4) is 11.4 Å². The van der Waals surface area contributed by atoms with Crippen molar-refractivity contribution in [2.45, 2.75) is 45.2 Å². The van der Waals surface area contributed by atoms with Gasteiger partial charge in [-0.25, -0.2) is 9.78 Å². The van der Waals surface area contributed by atoms with Crippen molar-refractivity contribution in [3.63, 3.8) is 0 Å². The Bertz CT molecular complexity index is 1440. The Balaban J connectivity index is 1.30. The number of anilines is 1. The van der Waals surface area contributed by atoms with Gasteiger partial charge >= 0.3 is 6.03 Å². The number of hydrogen-bond acceptors (Lipinski definition) is 5. The molecule has 0 bridgehead atoms. The van der Waals surface area contributed by atoms with Crippen molar-refractivity contribution in [2.75, 3.05) is 11.9 Å². The van der Waals surface area contributed by atoms with E-state index in [0.29, 0.717) is 23.9 Å². The Morgan fingerprint density at radius 1 is 1.03 bits per heavy atom. The molecular formula is C28H31N7O3. The lowest BCUT2D eigenvalue weighted by atomic mass is 9.89. The van der Waals surface area contributed by atoms with Crippen LogP contribution in [0.1, 0.15) is 37.8 Å². The highest BCUT2D eigenvalue weighted by molar-refractivity contribution is 5.89. The SMILES string of the molecule is O=C(Cn1c(-c2ccccc2)ncc(NC(=O)NCC2CCCCC2)c1=O)NCc1cc2cnccc2[nH]1. The number of pyridine rings is 1. The largest absolute Gasteiger partial charge is 0.357 e. The van der Waals surface area contributed by atoms with Crippen molar-refractivity contribution in [1.82, 2.24) is 30.2 Å². The van der Waals surface area contributed by atoms with Crippen LogP contribution in [0.3, 0.4) is 0 Å². The fourth-order valence-electron chi connectivity index (χ4n) is 4.86. The van der Waals surface area contributed by atoms with E-state index in [1.54, 1.807) is 12.4 Å². The summed E-state index contributed by atoms with van der Waals surface area (Å²) in [7, 11) is 0. The zero-order valence-corrected chi connectivity index (χ0v) is 21.1. The van der Waals surface area contributed by atoms with Gasteiger partial charge in [-0.1, -0.05) is 49.6 Å². The molecule has 0 saturated heterocycles. The minimum absolute atomic E-state index is 0.0155. The fourth-order valence-corrected chi connectivity index (χ4v) is 4.86. The molecule has 1 saturated carbocycles. The van der Waals surface area contributed by atoms with Gasteiger partial charge in [0.1, 0.15) is 18.1 Å². The number of H-pyrrole nitrogens is 1. The molecule has 10 heteroatoms. The number of amides is 3. The summed E-state index contributed by atoms with van der Waals surface area (Å²) in [6.45, 7) is 0.580. The summed E-state index contributed by atoms with van der Waals surface area (Å²) in [5, 5.41) is 9.30. The first kappa shape index (κ1) is 25.2. The molecule has 0 aliphatic heterocycles. The van der Waals surface area contributed by atoms with Crippen LogP contribution in [-0.2, 0) is 17.9 Å². The number of carbonyl (C=O) groups excluding carboxylic acids is 2. The molecular weight excluding hydrogens is 482 g/mol. The molecule has 3 aromatic heterocycles. The summed E-state index contributed by atoms with van der Waals surface area (Å²) in [4.78, 5) is 50.7. The lowest BCUT2D eigenvalue weighted by Crippen LogP contribution is -2.38. The van der Waals surface area contributed by atoms with Crippen LogP contribution in [0.5, 0.6) is 0 Å². The first-order chi connectivity index (χ1) is 18.6. The molecule has 0 unspecified atom stereocenters. The van der Waals surface area contributed by atoms with Gasteiger partial charge in [0.25, 0.3) is 5.56 Å². The smallest absolute Gasteiger partial charge is 0.319 e. The number of urea groups is 1. The number of nitrogens with zero attached hydrogens (tertiary/aromatic N) is 3. The Labute approximate surface area is 219 Å². The molecule has 38 heavy (non-hydrogen) atoms. The normalized spacial score (nSPS) is 13.8. The van der Waals surface area contributed by atoms with Crippen LogP contribution < -0.4 is 21.5 Å². The van der Waals surface area contributed by atoms with Gasteiger partial charge in [-0.3, -0.25) is 19.1 Å². The molecule has 0 atom stereocenters. The third-order valence-corrected chi connectivity index (χ3v) is 6.86. The highest BCUT2D eigenvalue weighted by Crippen LogP contribution is 2.23. The minimum Gasteiger partial charge on any atom is -0.357 e. The Morgan fingerprint density at radius 2 is 1.84 bits per heavy atom. The number of benzene rings is 1. The molecule has 0 spiro atoms. The minimum atomic E-state index is -0.501. The van der Waals surface area contributed by atoms with E-state index >= 15 is 0 Å². The Morgan fingerprint density at radius 3 is 2.63 bits per heavy atom. The first-order valence-electron chi connectivity index (χ1n) is 13.0. The van der Waals surface area contributed by atoms with Crippen LogP contribution in [-0.4, -0.2) is 38.0 Å². The second kappa shape index (κ2) is 11.7. The van der Waals surface area contributed by atoms with Crippen LogP contribution in [0, 0.1) is 5.92 Å². The lowest BCUT2D eigenvalue weighted by Gasteiger charge is -2.21. The van der Waals surface area contributed by atoms with Gasteiger partial charge < -0.3 is 20.9 Å². The van der Waals surface area contributed by atoms with E-state index in [2.05, 4.69) is 30.9 Å². The van der Waals surface area contributed by atoms with Gasteiger partial charge in [0.15, 0.2) is 0 Å². The maximum atomic E-state index is 13.4. The second-order valence-corrected chi connectivity index (χ2v) is 9.63. The number of rotatable bonds is 8. The molecule has 0 radical (unpaired) electrons. The quantitative estimate of drug-likeness (QED) is 0.284. The van der Waals surface area contributed by atoms with E-state index in [0.717, 1.165) is 29.4 Å². The van der Waals surface area contributed by atoms with E-state index in [1.165, 1.54) is 30.0 Å². The predicted octanol–water partition coefficient (Wildman–Crippen LogP) is 3.80. The molecule has 3 amide bonds. The zero-order valence-electron chi connectivity index (χ0n) is 21.1. The summed E-state index contributed by atoms with van der Waals surface area (Å²) < 4.78 is 1.29. The molecule has 1 aliphatic rings. The summed E-state index contributed by atoms with van der Waals surface area (Å²) in [5.41, 5.74) is 1.95. The molecule has 10 nitrogen and oxygen atoms in total. The number of carbonyl (C=O) groups is 2. The second-order valence-electron chi connectivity index (χ2n) is 9.63. The number of hydrogen-bond donors (Lipinski definition) is 4. The number of aromatic amines is 1. The zero-order chi connectivity index (χ0) is 26.3. The van der Waals surface area contributed by atoms with Crippen LogP contribution >= 0.6 is 0 Å². The van der Waals surface area contributed by atoms with E-state index in [4.69, 9.17) is 0 Å². The summed E-state index contributed by atoms with van der Waals surface area (Å²) in [5.74, 6) is 0.444. The topological polar surface area (TPSA) is 134 Å². The van der Waals surface area contributed by atoms with Gasteiger partial charge in [0, 0.05) is 41.1 Å². The average Bonchev–Trinajstić information content (AvgIpc) is 3.37. The number of fused-ring (bicyclic) bond motifs is 1. The molecule has 3 heterocycles. The van der Waals surface area contributed by atoms with Crippen molar-refractivity contribution >= 4 is 28.5 Å². The summed E-state index contributed by atoms with van der Waals surface area (Å²) >= 11 is 0. The van der Waals surface area contributed by atoms with Crippen molar-refractivity contribution < 1.29 is 9.59 Å². The van der Waals surface area contributed by atoms with Gasteiger partial charge in [-0.2, -0.15) is 0 Å². The number of aromatic nitrogens is 4. The molecule has 1 aromatic carbocycles. The van der Waals surface area contributed by atoms with E-state index in [9.17, 15) is 14.4 Å². The maximum absolute atomic E-state index is 13.4. The lowest BCUT2D eigenvalue weighted by molar-refractivity contribution is -0.121. The van der Waals surface area contributed by atoms with Crippen LogP contribution in [0.15, 0.2) is 65.8 Å². The van der Waals surface area contributed by atoms with Crippen molar-refractivity contribution in [2.24, 2.45) is 5.92 Å². The molecule has 1 aliphatic carbocycles. The third-order valence-electron chi connectivity index (χ3n) is 6.86. The van der Waals surface area contributed by atoms with Gasteiger partial charge in [0.2, 0.25) is 5.91 Å². The molecule has 4 aromatic rings. The summed E-state index contributed by atoms with van der Waals surface area (Å²) in [6, 6.07) is 12.5. The van der Waals surface area contributed by atoms with Gasteiger partial charge in [-0.15, -0.1) is 0 Å². The molecule has 1 fully saturated rings. The predicted molar refractivity (Wildman–Crippen MR) is 145 cm³/mol. The first-order valence-corrected chi connectivity index (χ1v) is 13.0. The molecule has 4 N–H and O–H groups in total. The van der Waals surface area contributed by atoms with E-state index in [-0.39, 0.29) is 24.7 Å². The Kier molecular flexibility index (Phi) is 7.77. The van der Waals surface area contributed by atoms with E-state index < -0.39 is 11.6 Å². The maximum Gasteiger partial charge on any atom is 0.319 e. The highest BCUT2D eigenvalue weighted by atomic mass is 16.2. The highest BCUT2D eigenvalue weighted by Gasteiger charge is 2.18. The molecule has 5 rings (SSSR count). The number of nitrogens with one attached hydrogen (secondary N) is 4. The van der Waals surface area contributed by atoms with Crippen LogP contribution in [0.4, 0.5) is 10.5 Å².